The van der Waals surface area contributed by atoms with Crippen LogP contribution >= 0.6 is 11.3 Å². The zero-order valence-electron chi connectivity index (χ0n) is 13.0. The van der Waals surface area contributed by atoms with Crippen LogP contribution in [-0.4, -0.2) is 15.8 Å². The third-order valence-electron chi connectivity index (χ3n) is 3.82. The SMILES string of the molecule is CCc1cc(CC(CCCc2cccs2)NN)n(CC)n1. The van der Waals surface area contributed by atoms with Gasteiger partial charge in [0, 0.05) is 29.6 Å². The highest BCUT2D eigenvalue weighted by molar-refractivity contribution is 7.09. The smallest absolute Gasteiger partial charge is 0.0624 e. The van der Waals surface area contributed by atoms with Crippen molar-refractivity contribution in [2.75, 3.05) is 0 Å². The number of nitrogens with zero attached hydrogens (tertiary/aromatic N) is 2. The molecular formula is C16H26N4S. The van der Waals surface area contributed by atoms with Gasteiger partial charge in [0.1, 0.15) is 0 Å². The Balaban J connectivity index is 1.87. The molecule has 0 aliphatic rings. The van der Waals surface area contributed by atoms with E-state index in [1.54, 1.807) is 0 Å². The molecule has 0 bridgehead atoms. The third kappa shape index (κ3) is 4.66. The largest absolute Gasteiger partial charge is 0.271 e. The number of aryl methyl sites for hydroxylation is 3. The number of hydrazine groups is 1. The van der Waals surface area contributed by atoms with Gasteiger partial charge in [0.05, 0.1) is 5.69 Å². The molecule has 116 valence electrons. The molecule has 0 radical (unpaired) electrons. The summed E-state index contributed by atoms with van der Waals surface area (Å²) in [6, 6.07) is 6.85. The maximum atomic E-state index is 5.73. The van der Waals surface area contributed by atoms with E-state index in [1.807, 2.05) is 11.3 Å². The van der Waals surface area contributed by atoms with Crippen molar-refractivity contribution in [3.63, 3.8) is 0 Å². The molecule has 2 rings (SSSR count). The van der Waals surface area contributed by atoms with Crippen molar-refractivity contribution in [1.29, 1.82) is 0 Å². The maximum absolute atomic E-state index is 5.73. The number of rotatable bonds is 9. The second kappa shape index (κ2) is 8.32. The molecule has 5 heteroatoms. The fraction of sp³-hybridized carbons (Fsp3) is 0.562. The lowest BCUT2D eigenvalue weighted by Gasteiger charge is -2.16. The summed E-state index contributed by atoms with van der Waals surface area (Å²) in [5.74, 6) is 5.73. The molecule has 0 aromatic carbocycles. The number of hydrogen-bond donors (Lipinski definition) is 2. The van der Waals surface area contributed by atoms with Gasteiger partial charge in [-0.2, -0.15) is 5.10 Å². The Morgan fingerprint density at radius 2 is 2.29 bits per heavy atom. The van der Waals surface area contributed by atoms with E-state index >= 15 is 0 Å². The number of aromatic nitrogens is 2. The van der Waals surface area contributed by atoms with Crippen molar-refractivity contribution >= 4 is 11.3 Å². The van der Waals surface area contributed by atoms with Crippen molar-refractivity contribution in [1.82, 2.24) is 15.2 Å². The van der Waals surface area contributed by atoms with E-state index in [9.17, 15) is 0 Å². The van der Waals surface area contributed by atoms with Crippen molar-refractivity contribution in [2.24, 2.45) is 5.84 Å². The molecule has 21 heavy (non-hydrogen) atoms. The topological polar surface area (TPSA) is 55.9 Å². The van der Waals surface area contributed by atoms with E-state index in [4.69, 9.17) is 5.84 Å². The Morgan fingerprint density at radius 3 is 2.90 bits per heavy atom. The lowest BCUT2D eigenvalue weighted by molar-refractivity contribution is 0.459. The minimum Gasteiger partial charge on any atom is -0.271 e. The summed E-state index contributed by atoms with van der Waals surface area (Å²) in [6.07, 6.45) is 5.32. The Bertz CT molecular complexity index is 518. The number of hydrogen-bond acceptors (Lipinski definition) is 4. The fourth-order valence-corrected chi connectivity index (χ4v) is 3.35. The molecule has 2 aromatic rings. The molecule has 3 N–H and O–H groups in total. The van der Waals surface area contributed by atoms with Gasteiger partial charge in [0.2, 0.25) is 0 Å². The Hall–Kier alpha value is -1.17. The number of nitrogens with two attached hydrogens (primary N) is 1. The highest BCUT2D eigenvalue weighted by Crippen LogP contribution is 2.15. The summed E-state index contributed by atoms with van der Waals surface area (Å²) in [5, 5.41) is 6.74. The van der Waals surface area contributed by atoms with E-state index in [0.29, 0.717) is 6.04 Å². The molecule has 2 heterocycles. The first-order valence-electron chi connectivity index (χ1n) is 7.80. The van der Waals surface area contributed by atoms with Crippen LogP contribution in [0.2, 0.25) is 0 Å². The molecule has 0 saturated carbocycles. The molecule has 0 spiro atoms. The van der Waals surface area contributed by atoms with Crippen LogP contribution in [0.5, 0.6) is 0 Å². The predicted molar refractivity (Wildman–Crippen MR) is 89.4 cm³/mol. The van der Waals surface area contributed by atoms with E-state index in [-0.39, 0.29) is 0 Å². The first-order valence-corrected chi connectivity index (χ1v) is 8.68. The van der Waals surface area contributed by atoms with Gasteiger partial charge in [0.25, 0.3) is 0 Å². The third-order valence-corrected chi connectivity index (χ3v) is 4.76. The van der Waals surface area contributed by atoms with Crippen LogP contribution in [0.25, 0.3) is 0 Å². The lowest BCUT2D eigenvalue weighted by Crippen LogP contribution is -2.37. The molecule has 1 unspecified atom stereocenters. The van der Waals surface area contributed by atoms with Crippen LogP contribution in [0.3, 0.4) is 0 Å². The van der Waals surface area contributed by atoms with Crippen molar-refractivity contribution in [3.05, 3.63) is 39.8 Å². The second-order valence-electron chi connectivity index (χ2n) is 5.34. The van der Waals surface area contributed by atoms with E-state index < -0.39 is 0 Å². The normalized spacial score (nSPS) is 12.7. The Kier molecular flexibility index (Phi) is 6.42. The standard InChI is InChI=1S/C16H26N4S/c1-3-13-11-15(20(4-2)19-13)12-14(18-17)7-5-8-16-9-6-10-21-16/h6,9-11,14,18H,3-5,7-8,12,17H2,1-2H3. The molecule has 0 amide bonds. The summed E-state index contributed by atoms with van der Waals surface area (Å²) in [5.41, 5.74) is 5.42. The number of nitrogens with one attached hydrogen (secondary N) is 1. The van der Waals surface area contributed by atoms with Crippen LogP contribution < -0.4 is 11.3 Å². The number of thiophene rings is 1. The summed E-state index contributed by atoms with van der Waals surface area (Å²) < 4.78 is 2.10. The van der Waals surface area contributed by atoms with Crippen LogP contribution in [-0.2, 0) is 25.8 Å². The molecule has 4 nitrogen and oxygen atoms in total. The average Bonchev–Trinajstić information content (AvgIpc) is 3.15. The molecular weight excluding hydrogens is 280 g/mol. The maximum Gasteiger partial charge on any atom is 0.0624 e. The highest BCUT2D eigenvalue weighted by Gasteiger charge is 2.13. The van der Waals surface area contributed by atoms with Crippen LogP contribution in [0.1, 0.15) is 43.0 Å². The van der Waals surface area contributed by atoms with Crippen molar-refractivity contribution in [3.8, 4) is 0 Å². The molecule has 2 aromatic heterocycles. The summed E-state index contributed by atoms with van der Waals surface area (Å²) in [6.45, 7) is 5.20. The fourth-order valence-electron chi connectivity index (χ4n) is 2.60. The van der Waals surface area contributed by atoms with Crippen LogP contribution in [0.15, 0.2) is 23.6 Å². The average molecular weight is 306 g/mol. The van der Waals surface area contributed by atoms with Crippen LogP contribution in [0, 0.1) is 0 Å². The van der Waals surface area contributed by atoms with Crippen LogP contribution in [0.4, 0.5) is 0 Å². The van der Waals surface area contributed by atoms with Gasteiger partial charge in [0.15, 0.2) is 0 Å². The van der Waals surface area contributed by atoms with E-state index in [0.717, 1.165) is 38.6 Å². The molecule has 1 atom stereocenters. The second-order valence-corrected chi connectivity index (χ2v) is 6.37. The highest BCUT2D eigenvalue weighted by atomic mass is 32.1. The lowest BCUT2D eigenvalue weighted by atomic mass is 10.0. The zero-order valence-corrected chi connectivity index (χ0v) is 13.8. The first kappa shape index (κ1) is 16.2. The first-order chi connectivity index (χ1) is 10.3. The van der Waals surface area contributed by atoms with Gasteiger partial charge < -0.3 is 0 Å². The zero-order chi connectivity index (χ0) is 15.1. The summed E-state index contributed by atoms with van der Waals surface area (Å²) in [4.78, 5) is 1.46. The van der Waals surface area contributed by atoms with Gasteiger partial charge in [-0.3, -0.25) is 16.0 Å². The summed E-state index contributed by atoms with van der Waals surface area (Å²) in [7, 11) is 0. The summed E-state index contributed by atoms with van der Waals surface area (Å²) >= 11 is 1.83. The minimum atomic E-state index is 0.316. The van der Waals surface area contributed by atoms with Gasteiger partial charge in [-0.05, 0) is 50.1 Å². The molecule has 0 fully saturated rings. The molecule has 0 aliphatic heterocycles. The van der Waals surface area contributed by atoms with Crippen molar-refractivity contribution in [2.45, 2.75) is 58.5 Å². The van der Waals surface area contributed by atoms with Gasteiger partial charge >= 0.3 is 0 Å². The Morgan fingerprint density at radius 1 is 1.43 bits per heavy atom. The monoisotopic (exact) mass is 306 g/mol. The van der Waals surface area contributed by atoms with Crippen molar-refractivity contribution < 1.29 is 0 Å². The van der Waals surface area contributed by atoms with Gasteiger partial charge in [-0.15, -0.1) is 11.3 Å². The van der Waals surface area contributed by atoms with E-state index in [2.05, 4.69) is 52.6 Å². The van der Waals surface area contributed by atoms with Gasteiger partial charge in [-0.1, -0.05) is 13.0 Å². The Labute approximate surface area is 131 Å². The molecule has 0 aliphatic carbocycles. The minimum absolute atomic E-state index is 0.316. The van der Waals surface area contributed by atoms with E-state index in [1.165, 1.54) is 16.3 Å². The van der Waals surface area contributed by atoms with Gasteiger partial charge in [-0.25, -0.2) is 0 Å². The molecule has 0 saturated heterocycles. The quantitative estimate of drug-likeness (QED) is 0.553. The predicted octanol–water partition coefficient (Wildman–Crippen LogP) is 2.92.